The van der Waals surface area contributed by atoms with Gasteiger partial charge in [-0.25, -0.2) is 0 Å². The summed E-state index contributed by atoms with van der Waals surface area (Å²) in [7, 11) is 0. The number of carbonyl (C=O) groups is 1. The zero-order valence-corrected chi connectivity index (χ0v) is 17.6. The maximum Gasteiger partial charge on any atom is 0.230 e. The molecular formula is C22H25N5OS. The molecule has 3 aromatic rings. The van der Waals surface area contributed by atoms with Gasteiger partial charge in [0, 0.05) is 24.0 Å². The first-order valence-corrected chi connectivity index (χ1v) is 11.1. The first-order chi connectivity index (χ1) is 14.2. The zero-order valence-electron chi connectivity index (χ0n) is 16.8. The number of aryl methyl sites for hydroxylation is 2. The normalized spacial score (nSPS) is 13.4. The molecule has 1 aliphatic rings. The van der Waals surface area contributed by atoms with Crippen LogP contribution in [0.1, 0.15) is 37.8 Å². The van der Waals surface area contributed by atoms with Gasteiger partial charge < -0.3 is 5.32 Å². The second-order valence-electron chi connectivity index (χ2n) is 7.15. The number of pyridine rings is 1. The quantitative estimate of drug-likeness (QED) is 0.575. The summed E-state index contributed by atoms with van der Waals surface area (Å²) in [5.74, 6) is 1.13. The molecule has 7 heteroatoms. The number of carbonyl (C=O) groups excluding carboxylic acids is 1. The van der Waals surface area contributed by atoms with Gasteiger partial charge in [-0.3, -0.25) is 14.3 Å². The minimum Gasteiger partial charge on any atom is -0.353 e. The molecule has 150 valence electrons. The largest absolute Gasteiger partial charge is 0.353 e. The summed E-state index contributed by atoms with van der Waals surface area (Å²) in [6, 6.07) is 10.6. The number of amides is 1. The Balaban J connectivity index is 1.77. The topological polar surface area (TPSA) is 72.7 Å². The predicted molar refractivity (Wildman–Crippen MR) is 115 cm³/mol. The van der Waals surface area contributed by atoms with Crippen molar-refractivity contribution in [1.82, 2.24) is 25.1 Å². The smallest absolute Gasteiger partial charge is 0.230 e. The Labute approximate surface area is 175 Å². The van der Waals surface area contributed by atoms with Crippen molar-refractivity contribution in [2.45, 2.75) is 50.7 Å². The summed E-state index contributed by atoms with van der Waals surface area (Å²) >= 11 is 1.43. The van der Waals surface area contributed by atoms with E-state index in [1.807, 2.05) is 12.1 Å². The van der Waals surface area contributed by atoms with Crippen LogP contribution in [0.3, 0.4) is 0 Å². The molecule has 2 heterocycles. The van der Waals surface area contributed by atoms with Crippen LogP contribution in [0.5, 0.6) is 0 Å². The number of aromatic nitrogens is 4. The van der Waals surface area contributed by atoms with Crippen LogP contribution in [0.2, 0.25) is 0 Å². The summed E-state index contributed by atoms with van der Waals surface area (Å²) in [5, 5.41) is 12.7. The highest BCUT2D eigenvalue weighted by Crippen LogP contribution is 2.32. The van der Waals surface area contributed by atoms with Gasteiger partial charge in [-0.15, -0.1) is 10.2 Å². The van der Waals surface area contributed by atoms with Gasteiger partial charge in [0.25, 0.3) is 0 Å². The summed E-state index contributed by atoms with van der Waals surface area (Å²) in [4.78, 5) is 16.5. The van der Waals surface area contributed by atoms with E-state index < -0.39 is 0 Å². The lowest BCUT2D eigenvalue weighted by atomic mass is 10.0. The van der Waals surface area contributed by atoms with Crippen LogP contribution in [0.15, 0.2) is 47.9 Å². The van der Waals surface area contributed by atoms with Gasteiger partial charge in [0.15, 0.2) is 11.0 Å². The molecule has 0 atom stereocenters. The third kappa shape index (κ3) is 4.34. The van der Waals surface area contributed by atoms with Crippen LogP contribution < -0.4 is 5.32 Å². The molecule has 1 N–H and O–H groups in total. The van der Waals surface area contributed by atoms with Gasteiger partial charge in [0.2, 0.25) is 5.91 Å². The van der Waals surface area contributed by atoms with Gasteiger partial charge in [0.1, 0.15) is 0 Å². The Morgan fingerprint density at radius 2 is 1.90 bits per heavy atom. The molecule has 1 saturated carbocycles. The molecular weight excluding hydrogens is 382 g/mol. The van der Waals surface area contributed by atoms with Crippen molar-refractivity contribution < 1.29 is 4.79 Å². The molecule has 0 spiro atoms. The van der Waals surface area contributed by atoms with E-state index in [-0.39, 0.29) is 5.91 Å². The summed E-state index contributed by atoms with van der Waals surface area (Å²) in [6.45, 7) is 4.31. The molecule has 0 radical (unpaired) electrons. The van der Waals surface area contributed by atoms with E-state index in [2.05, 4.69) is 57.1 Å². The fourth-order valence-electron chi connectivity index (χ4n) is 3.38. The molecule has 1 fully saturated rings. The van der Waals surface area contributed by atoms with Crippen LogP contribution in [0.25, 0.3) is 17.1 Å². The van der Waals surface area contributed by atoms with Gasteiger partial charge >= 0.3 is 0 Å². The number of nitrogens with one attached hydrogen (secondary N) is 1. The molecule has 0 unspecified atom stereocenters. The lowest BCUT2D eigenvalue weighted by Crippen LogP contribution is -2.27. The number of hydrogen-bond donors (Lipinski definition) is 1. The summed E-state index contributed by atoms with van der Waals surface area (Å²) < 4.78 is 2.10. The Hall–Kier alpha value is -2.67. The van der Waals surface area contributed by atoms with Crippen LogP contribution in [-0.4, -0.2) is 37.5 Å². The van der Waals surface area contributed by atoms with E-state index in [4.69, 9.17) is 0 Å². The third-order valence-electron chi connectivity index (χ3n) is 5.02. The number of para-hydroxylation sites is 1. The lowest BCUT2D eigenvalue weighted by Gasteiger charge is -2.17. The van der Waals surface area contributed by atoms with Crippen LogP contribution in [0.4, 0.5) is 0 Å². The highest BCUT2D eigenvalue weighted by molar-refractivity contribution is 7.99. The molecule has 0 aliphatic heterocycles. The maximum atomic E-state index is 12.2. The van der Waals surface area contributed by atoms with Gasteiger partial charge in [-0.1, -0.05) is 43.8 Å². The summed E-state index contributed by atoms with van der Waals surface area (Å²) in [6.07, 6.45) is 7.53. The predicted octanol–water partition coefficient (Wildman–Crippen LogP) is 3.82. The van der Waals surface area contributed by atoms with Gasteiger partial charge in [-0.2, -0.15) is 0 Å². The van der Waals surface area contributed by atoms with E-state index in [0.29, 0.717) is 11.8 Å². The van der Waals surface area contributed by atoms with Crippen molar-refractivity contribution in [2.75, 3.05) is 5.75 Å². The van der Waals surface area contributed by atoms with E-state index in [9.17, 15) is 4.79 Å². The van der Waals surface area contributed by atoms with Crippen LogP contribution in [-0.2, 0) is 17.6 Å². The first-order valence-electron chi connectivity index (χ1n) is 10.1. The molecule has 29 heavy (non-hydrogen) atoms. The zero-order chi connectivity index (χ0) is 20.2. The average Bonchev–Trinajstić information content (AvgIpc) is 3.47. The monoisotopic (exact) mass is 407 g/mol. The van der Waals surface area contributed by atoms with Crippen molar-refractivity contribution in [3.8, 4) is 17.1 Å². The van der Waals surface area contributed by atoms with E-state index in [1.165, 1.54) is 22.9 Å². The Morgan fingerprint density at radius 3 is 2.52 bits per heavy atom. The number of rotatable bonds is 8. The van der Waals surface area contributed by atoms with Crippen molar-refractivity contribution >= 4 is 17.7 Å². The second kappa shape index (κ2) is 8.78. The highest BCUT2D eigenvalue weighted by Gasteiger charge is 2.25. The minimum atomic E-state index is 0.0504. The van der Waals surface area contributed by atoms with Gasteiger partial charge in [0.05, 0.1) is 11.4 Å². The van der Waals surface area contributed by atoms with Crippen molar-refractivity contribution in [3.05, 3.63) is 53.9 Å². The Bertz CT molecular complexity index is 975. The molecule has 4 rings (SSSR count). The second-order valence-corrected chi connectivity index (χ2v) is 8.09. The molecule has 0 bridgehead atoms. The van der Waals surface area contributed by atoms with Crippen LogP contribution >= 0.6 is 11.8 Å². The van der Waals surface area contributed by atoms with E-state index >= 15 is 0 Å². The number of thioether (sulfide) groups is 1. The third-order valence-corrected chi connectivity index (χ3v) is 5.95. The van der Waals surface area contributed by atoms with Crippen LogP contribution in [0, 0.1) is 0 Å². The lowest BCUT2D eigenvalue weighted by molar-refractivity contribution is -0.118. The fraction of sp³-hybridized carbons (Fsp3) is 0.364. The molecule has 6 nitrogen and oxygen atoms in total. The maximum absolute atomic E-state index is 12.2. The van der Waals surface area contributed by atoms with Crippen molar-refractivity contribution in [2.24, 2.45) is 0 Å². The fourth-order valence-corrected chi connectivity index (χ4v) is 4.13. The highest BCUT2D eigenvalue weighted by atomic mass is 32.2. The standard InChI is InChI=1S/C22H25N5OS/c1-3-15-7-5-8-16(4-2)20(15)27-21(17-9-6-12-23-13-17)25-26-22(27)29-14-19(28)24-18-10-11-18/h5-9,12-13,18H,3-4,10-11,14H2,1-2H3,(H,24,28). The Morgan fingerprint density at radius 1 is 1.14 bits per heavy atom. The number of nitrogens with zero attached hydrogens (tertiary/aromatic N) is 4. The summed E-state index contributed by atoms with van der Waals surface area (Å²) in [5.41, 5.74) is 4.49. The number of benzene rings is 1. The van der Waals surface area contributed by atoms with E-state index in [1.54, 1.807) is 12.4 Å². The first kappa shape index (κ1) is 19.6. The van der Waals surface area contributed by atoms with E-state index in [0.717, 1.165) is 47.9 Å². The number of hydrogen-bond acceptors (Lipinski definition) is 5. The molecule has 1 aliphatic carbocycles. The molecule has 0 saturated heterocycles. The molecule has 1 amide bonds. The minimum absolute atomic E-state index is 0.0504. The average molecular weight is 408 g/mol. The van der Waals surface area contributed by atoms with Crippen molar-refractivity contribution in [1.29, 1.82) is 0 Å². The molecule has 1 aromatic carbocycles. The molecule has 2 aromatic heterocycles. The van der Waals surface area contributed by atoms with Crippen molar-refractivity contribution in [3.63, 3.8) is 0 Å². The Kier molecular flexibility index (Phi) is 5.94. The van der Waals surface area contributed by atoms with Gasteiger partial charge in [-0.05, 0) is 48.9 Å². The SMILES string of the molecule is CCc1cccc(CC)c1-n1c(SCC(=O)NC2CC2)nnc1-c1cccnc1.